The van der Waals surface area contributed by atoms with Gasteiger partial charge < -0.3 is 9.84 Å². The Bertz CT molecular complexity index is 692. The fraction of sp³-hybridized carbons (Fsp3) is 0.571. The molecule has 0 atom stereocenters. The number of hydrogen-bond acceptors (Lipinski definition) is 4. The average Bonchev–Trinajstić information content (AvgIpc) is 3.23. The van der Waals surface area contributed by atoms with Gasteiger partial charge in [-0.15, -0.1) is 0 Å². The van der Waals surface area contributed by atoms with Crippen LogP contribution in [-0.2, 0) is 4.79 Å². The van der Waals surface area contributed by atoms with Gasteiger partial charge in [-0.3, -0.25) is 14.9 Å². The van der Waals surface area contributed by atoms with Crippen LogP contribution < -0.4 is 4.74 Å². The molecule has 2 heterocycles. The van der Waals surface area contributed by atoms with Gasteiger partial charge in [0.15, 0.2) is 0 Å². The second-order valence-corrected chi connectivity index (χ2v) is 7.51. The third-order valence-corrected chi connectivity index (χ3v) is 5.60. The fourth-order valence-corrected chi connectivity index (χ4v) is 3.93. The highest BCUT2D eigenvalue weighted by molar-refractivity contribution is 5.74. The summed E-state index contributed by atoms with van der Waals surface area (Å²) in [7, 11) is 0. The Hall–Kier alpha value is -2.37. The van der Waals surface area contributed by atoms with E-state index >= 15 is 0 Å². The van der Waals surface area contributed by atoms with Crippen molar-refractivity contribution in [2.75, 3.05) is 6.61 Å². The van der Waals surface area contributed by atoms with E-state index in [1.165, 1.54) is 6.42 Å². The van der Waals surface area contributed by atoms with Gasteiger partial charge >= 0.3 is 5.97 Å². The number of carbonyl (C=O) groups is 1. The maximum absolute atomic E-state index is 11.7. The molecule has 0 spiro atoms. The van der Waals surface area contributed by atoms with Crippen molar-refractivity contribution in [3.05, 3.63) is 30.6 Å². The standard InChI is InChI=1S/C21H29N3O3/c25-20(26)21(12-5-3-6-13-21)11-4-1-2-7-15-27-17-8-9-18(22-16-17)19-10-14-23-24-19/h8-10,14,16H,1-7,11-13,15H2,(H,23,24)(H,25,26). The van der Waals surface area contributed by atoms with Crippen molar-refractivity contribution in [2.24, 2.45) is 5.41 Å². The SMILES string of the molecule is O=C(O)C1(CCCCCCOc2ccc(-c3ccn[nH]3)nc2)CCCCC1. The number of H-pyrrole nitrogens is 1. The molecule has 2 aromatic heterocycles. The van der Waals surface area contributed by atoms with E-state index in [4.69, 9.17) is 4.74 Å². The highest BCUT2D eigenvalue weighted by atomic mass is 16.5. The lowest BCUT2D eigenvalue weighted by Crippen LogP contribution is -2.33. The summed E-state index contributed by atoms with van der Waals surface area (Å²) in [5.74, 6) is 0.182. The molecule has 2 aromatic rings. The van der Waals surface area contributed by atoms with E-state index in [1.54, 1.807) is 12.4 Å². The Labute approximate surface area is 160 Å². The summed E-state index contributed by atoms with van der Waals surface area (Å²) in [6, 6.07) is 5.71. The number of hydrogen-bond donors (Lipinski definition) is 2. The molecule has 1 fully saturated rings. The molecule has 0 aliphatic heterocycles. The lowest BCUT2D eigenvalue weighted by atomic mass is 9.71. The van der Waals surface area contributed by atoms with Crippen LogP contribution in [0.1, 0.15) is 64.2 Å². The van der Waals surface area contributed by atoms with Crippen LogP contribution in [0.25, 0.3) is 11.4 Å². The Morgan fingerprint density at radius 3 is 2.59 bits per heavy atom. The Morgan fingerprint density at radius 1 is 1.11 bits per heavy atom. The molecule has 0 amide bonds. The molecule has 6 nitrogen and oxygen atoms in total. The van der Waals surface area contributed by atoms with Crippen LogP contribution in [0, 0.1) is 5.41 Å². The largest absolute Gasteiger partial charge is 0.492 e. The topological polar surface area (TPSA) is 88.1 Å². The monoisotopic (exact) mass is 371 g/mol. The molecule has 2 N–H and O–H groups in total. The van der Waals surface area contributed by atoms with Gasteiger partial charge in [0.1, 0.15) is 5.75 Å². The van der Waals surface area contributed by atoms with Crippen LogP contribution in [0.4, 0.5) is 0 Å². The average molecular weight is 371 g/mol. The zero-order chi connectivity index (χ0) is 19.0. The minimum absolute atomic E-state index is 0.448. The fourth-order valence-electron chi connectivity index (χ4n) is 3.93. The maximum atomic E-state index is 11.7. The number of rotatable bonds is 10. The van der Waals surface area contributed by atoms with Gasteiger partial charge in [0.05, 0.1) is 29.6 Å². The number of pyridine rings is 1. The molecule has 1 saturated carbocycles. The van der Waals surface area contributed by atoms with Crippen molar-refractivity contribution in [3.8, 4) is 17.1 Å². The summed E-state index contributed by atoms with van der Waals surface area (Å²) in [6.45, 7) is 0.662. The van der Waals surface area contributed by atoms with Gasteiger partial charge in [-0.2, -0.15) is 5.10 Å². The summed E-state index contributed by atoms with van der Waals surface area (Å²) >= 11 is 0. The van der Waals surface area contributed by atoms with Crippen LogP contribution in [-0.4, -0.2) is 32.9 Å². The number of carboxylic acid groups (broad SMARTS) is 1. The van der Waals surface area contributed by atoms with E-state index in [1.807, 2.05) is 18.2 Å². The van der Waals surface area contributed by atoms with Crippen LogP contribution in [0.3, 0.4) is 0 Å². The van der Waals surface area contributed by atoms with E-state index in [0.29, 0.717) is 6.61 Å². The lowest BCUT2D eigenvalue weighted by Gasteiger charge is -2.33. The van der Waals surface area contributed by atoms with E-state index in [0.717, 1.165) is 74.9 Å². The van der Waals surface area contributed by atoms with Crippen LogP contribution in [0.2, 0.25) is 0 Å². The maximum Gasteiger partial charge on any atom is 0.309 e. The molecule has 1 aliphatic carbocycles. The van der Waals surface area contributed by atoms with E-state index < -0.39 is 11.4 Å². The Morgan fingerprint density at radius 2 is 1.93 bits per heavy atom. The van der Waals surface area contributed by atoms with E-state index in [9.17, 15) is 9.90 Å². The minimum atomic E-state index is -0.586. The van der Waals surface area contributed by atoms with Crippen molar-refractivity contribution in [3.63, 3.8) is 0 Å². The Kier molecular flexibility index (Phi) is 6.85. The number of aromatic nitrogens is 3. The summed E-state index contributed by atoms with van der Waals surface area (Å²) in [6.07, 6.45) is 13.4. The first kappa shape index (κ1) is 19.4. The zero-order valence-corrected chi connectivity index (χ0v) is 15.8. The third-order valence-electron chi connectivity index (χ3n) is 5.60. The van der Waals surface area contributed by atoms with Crippen LogP contribution in [0.5, 0.6) is 5.75 Å². The van der Waals surface area contributed by atoms with Gasteiger partial charge in [-0.05, 0) is 43.9 Å². The number of carboxylic acids is 1. The summed E-state index contributed by atoms with van der Waals surface area (Å²) in [5, 5.41) is 16.4. The highest BCUT2D eigenvalue weighted by Gasteiger charge is 2.38. The molecule has 27 heavy (non-hydrogen) atoms. The third kappa shape index (κ3) is 5.31. The number of unbranched alkanes of at least 4 members (excludes halogenated alkanes) is 3. The number of ether oxygens (including phenoxy) is 1. The van der Waals surface area contributed by atoms with Gasteiger partial charge in [0.25, 0.3) is 0 Å². The number of nitrogens with one attached hydrogen (secondary N) is 1. The highest BCUT2D eigenvalue weighted by Crippen LogP contribution is 2.40. The normalized spacial score (nSPS) is 16.1. The molecular weight excluding hydrogens is 342 g/mol. The van der Waals surface area contributed by atoms with Gasteiger partial charge in [-0.25, -0.2) is 0 Å². The molecular formula is C21H29N3O3. The first-order valence-corrected chi connectivity index (χ1v) is 10.0. The van der Waals surface area contributed by atoms with Crippen molar-refractivity contribution in [1.29, 1.82) is 0 Å². The second kappa shape index (κ2) is 9.53. The van der Waals surface area contributed by atoms with Crippen LogP contribution in [0.15, 0.2) is 30.6 Å². The number of aliphatic carboxylic acids is 1. The quantitative estimate of drug-likeness (QED) is 0.584. The summed E-state index contributed by atoms with van der Waals surface area (Å²) in [5.41, 5.74) is 1.28. The number of nitrogens with zero attached hydrogens (tertiary/aromatic N) is 2. The molecule has 0 bridgehead atoms. The van der Waals surface area contributed by atoms with Gasteiger partial charge in [0.2, 0.25) is 0 Å². The predicted octanol–water partition coefficient (Wildman–Crippen LogP) is 4.84. The molecule has 146 valence electrons. The van der Waals surface area contributed by atoms with E-state index in [-0.39, 0.29) is 0 Å². The summed E-state index contributed by atoms with van der Waals surface area (Å²) in [4.78, 5) is 16.0. The predicted molar refractivity (Wildman–Crippen MR) is 104 cm³/mol. The zero-order valence-electron chi connectivity index (χ0n) is 15.8. The smallest absolute Gasteiger partial charge is 0.309 e. The first-order chi connectivity index (χ1) is 13.2. The molecule has 0 unspecified atom stereocenters. The van der Waals surface area contributed by atoms with E-state index in [2.05, 4.69) is 15.2 Å². The van der Waals surface area contributed by atoms with Crippen molar-refractivity contribution in [2.45, 2.75) is 64.2 Å². The van der Waals surface area contributed by atoms with Crippen molar-refractivity contribution in [1.82, 2.24) is 15.2 Å². The van der Waals surface area contributed by atoms with Crippen molar-refractivity contribution < 1.29 is 14.6 Å². The first-order valence-electron chi connectivity index (χ1n) is 10.0. The molecule has 0 aromatic carbocycles. The van der Waals surface area contributed by atoms with Gasteiger partial charge in [0, 0.05) is 6.20 Å². The second-order valence-electron chi connectivity index (χ2n) is 7.51. The van der Waals surface area contributed by atoms with Crippen LogP contribution >= 0.6 is 0 Å². The lowest BCUT2D eigenvalue weighted by molar-refractivity contribution is -0.151. The molecule has 0 radical (unpaired) electrons. The minimum Gasteiger partial charge on any atom is -0.492 e. The molecule has 1 aliphatic rings. The van der Waals surface area contributed by atoms with Gasteiger partial charge in [-0.1, -0.05) is 38.5 Å². The molecule has 3 rings (SSSR count). The number of aromatic amines is 1. The summed E-state index contributed by atoms with van der Waals surface area (Å²) < 4.78 is 5.75. The Balaban J connectivity index is 1.31. The van der Waals surface area contributed by atoms with Crippen molar-refractivity contribution >= 4 is 5.97 Å². The molecule has 0 saturated heterocycles. The molecule has 6 heteroatoms.